The van der Waals surface area contributed by atoms with E-state index in [1.165, 1.54) is 13.2 Å². The minimum absolute atomic E-state index is 0.144. The molecular weight excluding hydrogens is 270 g/mol. The van der Waals surface area contributed by atoms with E-state index in [9.17, 15) is 4.79 Å². The molecule has 0 radical (unpaired) electrons. The molecule has 0 bridgehead atoms. The van der Waals surface area contributed by atoms with Crippen molar-refractivity contribution in [2.45, 2.75) is 13.8 Å². The molecule has 21 heavy (non-hydrogen) atoms. The first-order valence-corrected chi connectivity index (χ1v) is 6.20. The lowest BCUT2D eigenvalue weighted by Crippen LogP contribution is -2.25. The average molecular weight is 287 g/mol. The van der Waals surface area contributed by atoms with E-state index in [0.717, 1.165) is 5.57 Å². The number of carbonyl (C=O) groups excluding carboxylic acids is 1. The third-order valence-electron chi connectivity index (χ3n) is 2.52. The Labute approximate surface area is 123 Å². The Morgan fingerprint density at radius 2 is 1.86 bits per heavy atom. The van der Waals surface area contributed by atoms with Crippen LogP contribution in [0.2, 0.25) is 0 Å². The predicted octanol–water partition coefficient (Wildman–Crippen LogP) is 2.25. The number of carbonyl (C=O) groups is 1. The normalized spacial score (nSPS) is 10.4. The number of allylic oxidation sites excluding steroid dienone is 2. The van der Waals surface area contributed by atoms with Crippen LogP contribution in [0.5, 0.6) is 5.75 Å². The molecule has 6 nitrogen and oxygen atoms in total. The molecule has 0 spiro atoms. The second-order valence-corrected chi connectivity index (χ2v) is 4.39. The molecule has 6 heteroatoms. The third kappa shape index (κ3) is 4.40. The van der Waals surface area contributed by atoms with Gasteiger partial charge in [0.05, 0.1) is 7.11 Å². The molecule has 0 aliphatic rings. The first kappa shape index (κ1) is 16.3. The highest BCUT2D eigenvalue weighted by Crippen LogP contribution is 2.13. The van der Waals surface area contributed by atoms with Crippen molar-refractivity contribution in [3.8, 4) is 5.75 Å². The Morgan fingerprint density at radius 1 is 1.24 bits per heavy atom. The Kier molecular flexibility index (Phi) is 6.04. The summed E-state index contributed by atoms with van der Waals surface area (Å²) in [4.78, 5) is 19.9. The van der Waals surface area contributed by atoms with Gasteiger partial charge < -0.3 is 15.1 Å². The molecule has 0 aliphatic heterocycles. The first-order chi connectivity index (χ1) is 10.0. The molecule has 0 fully saturated rings. The van der Waals surface area contributed by atoms with E-state index in [-0.39, 0.29) is 11.4 Å². The molecular formula is C15H17N3O3. The zero-order valence-electron chi connectivity index (χ0n) is 12.5. The van der Waals surface area contributed by atoms with Gasteiger partial charge >= 0.3 is 5.71 Å². The Bertz CT molecular complexity index is 620. The van der Waals surface area contributed by atoms with E-state index in [2.05, 4.69) is 9.95 Å². The predicted molar refractivity (Wildman–Crippen MR) is 79.6 cm³/mol. The molecule has 0 aromatic heterocycles. The average Bonchev–Trinajstić information content (AvgIpc) is 2.46. The molecule has 0 heterocycles. The van der Waals surface area contributed by atoms with Crippen LogP contribution in [0.1, 0.15) is 19.4 Å². The summed E-state index contributed by atoms with van der Waals surface area (Å²) in [7, 11) is 2.90. The van der Waals surface area contributed by atoms with Crippen LogP contribution < -0.4 is 4.74 Å². The van der Waals surface area contributed by atoms with Crippen molar-refractivity contribution in [3.05, 3.63) is 47.0 Å². The SMILES string of the molecule is CO/N=C(/C(=[N+]=[N-])C(=O)C=C(C)C)c1ccc(OC)cc1. The van der Waals surface area contributed by atoms with Crippen LogP contribution in [0.25, 0.3) is 5.53 Å². The minimum Gasteiger partial charge on any atom is -0.497 e. The van der Waals surface area contributed by atoms with Gasteiger partial charge in [0.1, 0.15) is 12.9 Å². The van der Waals surface area contributed by atoms with Crippen LogP contribution in [0, 0.1) is 0 Å². The van der Waals surface area contributed by atoms with Gasteiger partial charge in [-0.25, -0.2) is 0 Å². The standard InChI is InChI=1S/C15H17N3O3/c1-10(2)9-13(19)15(17-16)14(18-21-4)11-5-7-12(20-3)8-6-11/h5-9H,1-4H3/b18-14+. The Balaban J connectivity index is 3.28. The number of hydrogen-bond donors (Lipinski definition) is 0. The number of oxime groups is 1. The van der Waals surface area contributed by atoms with Gasteiger partial charge in [-0.15, -0.1) is 0 Å². The largest absolute Gasteiger partial charge is 0.497 e. The molecule has 0 atom stereocenters. The summed E-state index contributed by atoms with van der Waals surface area (Å²) in [5, 5.41) is 3.78. The molecule has 0 amide bonds. The van der Waals surface area contributed by atoms with E-state index >= 15 is 0 Å². The zero-order chi connectivity index (χ0) is 15.8. The van der Waals surface area contributed by atoms with Gasteiger partial charge in [0, 0.05) is 5.56 Å². The molecule has 0 saturated carbocycles. The summed E-state index contributed by atoms with van der Waals surface area (Å²) < 4.78 is 5.07. The number of hydrogen-bond acceptors (Lipinski definition) is 4. The highest BCUT2D eigenvalue weighted by Gasteiger charge is 2.27. The first-order valence-electron chi connectivity index (χ1n) is 6.20. The van der Waals surface area contributed by atoms with Crippen molar-refractivity contribution in [1.82, 2.24) is 0 Å². The van der Waals surface area contributed by atoms with Crippen molar-refractivity contribution in [2.75, 3.05) is 14.2 Å². The number of nitrogens with zero attached hydrogens (tertiary/aromatic N) is 3. The summed E-state index contributed by atoms with van der Waals surface area (Å²) >= 11 is 0. The van der Waals surface area contributed by atoms with Crippen LogP contribution in [0.4, 0.5) is 0 Å². The van der Waals surface area contributed by atoms with Gasteiger partial charge in [0.2, 0.25) is 5.71 Å². The highest BCUT2D eigenvalue weighted by molar-refractivity contribution is 6.70. The number of methoxy groups -OCH3 is 1. The van der Waals surface area contributed by atoms with Gasteiger partial charge in [0.25, 0.3) is 5.78 Å². The fourth-order valence-electron chi connectivity index (χ4n) is 1.62. The van der Waals surface area contributed by atoms with Gasteiger partial charge in [-0.3, -0.25) is 4.79 Å². The van der Waals surface area contributed by atoms with Crippen LogP contribution in [-0.4, -0.2) is 36.2 Å². The molecule has 0 unspecified atom stereocenters. The smallest absolute Gasteiger partial charge is 0.391 e. The maximum Gasteiger partial charge on any atom is 0.391 e. The van der Waals surface area contributed by atoms with E-state index in [4.69, 9.17) is 15.1 Å². The lowest BCUT2D eigenvalue weighted by atomic mass is 10.0. The lowest BCUT2D eigenvalue weighted by Gasteiger charge is -2.03. The van der Waals surface area contributed by atoms with E-state index in [1.54, 1.807) is 45.2 Å². The van der Waals surface area contributed by atoms with Crippen LogP contribution >= 0.6 is 0 Å². The van der Waals surface area contributed by atoms with Crippen LogP contribution in [0.15, 0.2) is 41.1 Å². The molecule has 1 aromatic rings. The van der Waals surface area contributed by atoms with Crippen molar-refractivity contribution in [3.63, 3.8) is 0 Å². The molecule has 1 rings (SSSR count). The monoisotopic (exact) mass is 287 g/mol. The van der Waals surface area contributed by atoms with Gasteiger partial charge in [-0.05, 0) is 44.2 Å². The summed E-state index contributed by atoms with van der Waals surface area (Å²) in [6.45, 7) is 3.54. The van der Waals surface area contributed by atoms with E-state index in [0.29, 0.717) is 11.3 Å². The van der Waals surface area contributed by atoms with Crippen molar-refractivity contribution in [2.24, 2.45) is 5.16 Å². The fraction of sp³-hybridized carbons (Fsp3) is 0.267. The minimum atomic E-state index is -0.455. The molecule has 0 aliphatic carbocycles. The second-order valence-electron chi connectivity index (χ2n) is 4.39. The summed E-state index contributed by atoms with van der Waals surface area (Å²) in [5.74, 6) is 0.206. The highest BCUT2D eigenvalue weighted by atomic mass is 16.6. The second kappa shape index (κ2) is 7.77. The number of ether oxygens (including phenoxy) is 1. The number of rotatable bonds is 6. The van der Waals surface area contributed by atoms with Gasteiger partial charge in [-0.2, -0.15) is 4.79 Å². The van der Waals surface area contributed by atoms with Gasteiger partial charge in [-0.1, -0.05) is 10.7 Å². The summed E-state index contributed by atoms with van der Waals surface area (Å²) in [5.41, 5.74) is 10.5. The fourth-order valence-corrected chi connectivity index (χ4v) is 1.62. The Hall–Kier alpha value is -2.72. The molecule has 0 N–H and O–H groups in total. The maximum absolute atomic E-state index is 12.1. The number of benzene rings is 1. The van der Waals surface area contributed by atoms with E-state index < -0.39 is 5.78 Å². The topological polar surface area (TPSA) is 84.3 Å². The Morgan fingerprint density at radius 3 is 2.29 bits per heavy atom. The quantitative estimate of drug-likeness (QED) is 0.264. The van der Waals surface area contributed by atoms with Gasteiger partial charge in [0.15, 0.2) is 0 Å². The van der Waals surface area contributed by atoms with Crippen molar-refractivity contribution in [1.29, 1.82) is 0 Å². The van der Waals surface area contributed by atoms with Crippen LogP contribution in [0.3, 0.4) is 0 Å². The number of ketones is 1. The lowest BCUT2D eigenvalue weighted by molar-refractivity contribution is -0.112. The third-order valence-corrected chi connectivity index (χ3v) is 2.52. The van der Waals surface area contributed by atoms with E-state index in [1.807, 2.05) is 0 Å². The summed E-state index contributed by atoms with van der Waals surface area (Å²) in [6.07, 6.45) is 1.36. The molecule has 0 saturated heterocycles. The maximum atomic E-state index is 12.1. The zero-order valence-corrected chi connectivity index (χ0v) is 12.5. The summed E-state index contributed by atoms with van der Waals surface area (Å²) in [6, 6.07) is 6.80. The molecule has 1 aromatic carbocycles. The van der Waals surface area contributed by atoms with Crippen molar-refractivity contribution >= 4 is 17.2 Å². The van der Waals surface area contributed by atoms with Crippen molar-refractivity contribution < 1.29 is 19.2 Å². The van der Waals surface area contributed by atoms with Crippen LogP contribution in [-0.2, 0) is 9.63 Å². The molecule has 110 valence electrons.